The standard InChI is InChI=1S/C15H21F2NO/c1-11(18-13-5-3-2-4-6-13)12-7-9-14(10-8-12)19-15(16)17/h7-11,13,15,18H,2-6H2,1H3. The van der Waals surface area contributed by atoms with Gasteiger partial charge in [-0.1, -0.05) is 31.4 Å². The van der Waals surface area contributed by atoms with Crippen molar-refractivity contribution in [1.29, 1.82) is 0 Å². The van der Waals surface area contributed by atoms with Gasteiger partial charge >= 0.3 is 6.61 Å². The Morgan fingerprint density at radius 3 is 2.32 bits per heavy atom. The highest BCUT2D eigenvalue weighted by Crippen LogP contribution is 2.23. The van der Waals surface area contributed by atoms with Crippen molar-refractivity contribution in [3.63, 3.8) is 0 Å². The SMILES string of the molecule is CC(NC1CCCCC1)c1ccc(OC(F)F)cc1. The average molecular weight is 269 g/mol. The number of rotatable bonds is 5. The summed E-state index contributed by atoms with van der Waals surface area (Å²) in [6.07, 6.45) is 6.40. The van der Waals surface area contributed by atoms with Crippen LogP contribution in [0.15, 0.2) is 24.3 Å². The first kappa shape index (κ1) is 14.3. The minimum Gasteiger partial charge on any atom is -0.435 e. The van der Waals surface area contributed by atoms with Crippen molar-refractivity contribution in [3.8, 4) is 5.75 Å². The molecule has 1 N–H and O–H groups in total. The van der Waals surface area contributed by atoms with E-state index in [4.69, 9.17) is 0 Å². The van der Waals surface area contributed by atoms with Gasteiger partial charge in [0.25, 0.3) is 0 Å². The van der Waals surface area contributed by atoms with E-state index >= 15 is 0 Å². The number of hydrogen-bond donors (Lipinski definition) is 1. The molecule has 0 aliphatic heterocycles. The van der Waals surface area contributed by atoms with Crippen LogP contribution < -0.4 is 10.1 Å². The third-order valence-corrected chi connectivity index (χ3v) is 3.70. The Morgan fingerprint density at radius 1 is 1.11 bits per heavy atom. The van der Waals surface area contributed by atoms with Gasteiger partial charge in [0.05, 0.1) is 0 Å². The predicted octanol–water partition coefficient (Wildman–Crippen LogP) is 4.27. The molecular formula is C15H21F2NO. The van der Waals surface area contributed by atoms with Gasteiger partial charge in [-0.15, -0.1) is 0 Å². The van der Waals surface area contributed by atoms with E-state index in [0.717, 1.165) is 5.56 Å². The predicted molar refractivity (Wildman–Crippen MR) is 71.5 cm³/mol. The number of ether oxygens (including phenoxy) is 1. The number of halogens is 2. The summed E-state index contributed by atoms with van der Waals surface area (Å²) in [6.45, 7) is -0.652. The minimum absolute atomic E-state index is 0.212. The first-order valence-corrected chi connectivity index (χ1v) is 6.96. The second kappa shape index (κ2) is 6.85. The van der Waals surface area contributed by atoms with Crippen molar-refractivity contribution in [2.24, 2.45) is 0 Å². The molecule has 1 saturated carbocycles. The molecule has 0 heterocycles. The van der Waals surface area contributed by atoms with Crippen molar-refractivity contribution in [2.75, 3.05) is 0 Å². The highest BCUT2D eigenvalue weighted by molar-refractivity contribution is 5.29. The van der Waals surface area contributed by atoms with Gasteiger partial charge in [-0.25, -0.2) is 0 Å². The van der Waals surface area contributed by atoms with Crippen molar-refractivity contribution in [1.82, 2.24) is 5.32 Å². The zero-order valence-corrected chi connectivity index (χ0v) is 11.2. The zero-order chi connectivity index (χ0) is 13.7. The maximum absolute atomic E-state index is 12.1. The Kier molecular flexibility index (Phi) is 5.14. The van der Waals surface area contributed by atoms with Gasteiger partial charge in [0, 0.05) is 12.1 Å². The van der Waals surface area contributed by atoms with Gasteiger partial charge in [0.15, 0.2) is 0 Å². The van der Waals surface area contributed by atoms with E-state index in [2.05, 4.69) is 17.0 Å². The summed E-state index contributed by atoms with van der Waals surface area (Å²) >= 11 is 0. The monoisotopic (exact) mass is 269 g/mol. The molecule has 19 heavy (non-hydrogen) atoms. The molecule has 0 spiro atoms. The summed E-state index contributed by atoms with van der Waals surface area (Å²) in [7, 11) is 0. The molecule has 0 radical (unpaired) electrons. The zero-order valence-electron chi connectivity index (χ0n) is 11.2. The van der Waals surface area contributed by atoms with Gasteiger partial charge in [-0.2, -0.15) is 8.78 Å². The minimum atomic E-state index is -2.76. The molecule has 1 unspecified atom stereocenters. The normalized spacial score (nSPS) is 18.5. The molecule has 0 bridgehead atoms. The second-order valence-corrected chi connectivity index (χ2v) is 5.17. The van der Waals surface area contributed by atoms with Crippen LogP contribution in [0.25, 0.3) is 0 Å². The summed E-state index contributed by atoms with van der Waals surface area (Å²) in [5.74, 6) is 0.212. The number of alkyl halides is 2. The Balaban J connectivity index is 1.89. The molecule has 0 saturated heterocycles. The summed E-state index contributed by atoms with van der Waals surface area (Å²) in [4.78, 5) is 0. The Bertz CT molecular complexity index is 374. The molecule has 0 aromatic heterocycles. The Labute approximate surface area is 113 Å². The summed E-state index contributed by atoms with van der Waals surface area (Å²) < 4.78 is 28.5. The fourth-order valence-corrected chi connectivity index (χ4v) is 2.66. The van der Waals surface area contributed by atoms with E-state index in [9.17, 15) is 8.78 Å². The molecule has 2 nitrogen and oxygen atoms in total. The average Bonchev–Trinajstić information content (AvgIpc) is 2.40. The molecule has 1 fully saturated rings. The van der Waals surface area contributed by atoms with Crippen LogP contribution in [-0.4, -0.2) is 12.7 Å². The lowest BCUT2D eigenvalue weighted by Gasteiger charge is -2.27. The van der Waals surface area contributed by atoms with Crippen molar-refractivity contribution >= 4 is 0 Å². The topological polar surface area (TPSA) is 21.3 Å². The van der Waals surface area contributed by atoms with E-state index in [1.54, 1.807) is 12.1 Å². The van der Waals surface area contributed by atoms with Crippen molar-refractivity contribution in [2.45, 2.75) is 57.7 Å². The summed E-state index contributed by atoms with van der Waals surface area (Å²) in [6, 6.07) is 7.71. The van der Waals surface area contributed by atoms with Crippen LogP contribution in [0.4, 0.5) is 8.78 Å². The highest BCUT2D eigenvalue weighted by Gasteiger charge is 2.16. The van der Waals surface area contributed by atoms with Gasteiger partial charge in [-0.05, 0) is 37.5 Å². The van der Waals surface area contributed by atoms with Gasteiger partial charge < -0.3 is 10.1 Å². The smallest absolute Gasteiger partial charge is 0.387 e. The van der Waals surface area contributed by atoms with E-state index in [1.807, 2.05) is 12.1 Å². The number of nitrogens with one attached hydrogen (secondary N) is 1. The van der Waals surface area contributed by atoms with Gasteiger partial charge in [0.1, 0.15) is 5.75 Å². The molecule has 1 aliphatic carbocycles. The molecule has 2 rings (SSSR count). The first-order valence-electron chi connectivity index (χ1n) is 6.96. The Hall–Kier alpha value is -1.16. The van der Waals surface area contributed by atoms with Crippen LogP contribution >= 0.6 is 0 Å². The fraction of sp³-hybridized carbons (Fsp3) is 0.600. The van der Waals surface area contributed by atoms with Crippen LogP contribution in [-0.2, 0) is 0 Å². The quantitative estimate of drug-likeness (QED) is 0.861. The lowest BCUT2D eigenvalue weighted by Crippen LogP contribution is -2.33. The van der Waals surface area contributed by atoms with Crippen molar-refractivity contribution < 1.29 is 13.5 Å². The Morgan fingerprint density at radius 2 is 1.74 bits per heavy atom. The molecule has 4 heteroatoms. The second-order valence-electron chi connectivity index (χ2n) is 5.17. The molecule has 106 valence electrons. The number of benzene rings is 1. The first-order chi connectivity index (χ1) is 9.15. The van der Waals surface area contributed by atoms with Crippen LogP contribution in [0.2, 0.25) is 0 Å². The molecule has 1 aromatic rings. The third-order valence-electron chi connectivity index (χ3n) is 3.70. The summed E-state index contributed by atoms with van der Waals surface area (Å²) in [5.41, 5.74) is 1.10. The van der Waals surface area contributed by atoms with Crippen LogP contribution in [0, 0.1) is 0 Å². The molecule has 1 atom stereocenters. The molecule has 0 amide bonds. The van der Waals surface area contributed by atoms with E-state index in [0.29, 0.717) is 6.04 Å². The third kappa shape index (κ3) is 4.46. The van der Waals surface area contributed by atoms with Crippen LogP contribution in [0.3, 0.4) is 0 Å². The van der Waals surface area contributed by atoms with Crippen molar-refractivity contribution in [3.05, 3.63) is 29.8 Å². The van der Waals surface area contributed by atoms with Gasteiger partial charge in [-0.3, -0.25) is 0 Å². The largest absolute Gasteiger partial charge is 0.435 e. The fourth-order valence-electron chi connectivity index (χ4n) is 2.66. The van der Waals surface area contributed by atoms with E-state index in [-0.39, 0.29) is 11.8 Å². The van der Waals surface area contributed by atoms with Crippen LogP contribution in [0.5, 0.6) is 5.75 Å². The summed E-state index contributed by atoms with van der Waals surface area (Å²) in [5, 5.41) is 3.61. The van der Waals surface area contributed by atoms with E-state index < -0.39 is 6.61 Å². The van der Waals surface area contributed by atoms with E-state index in [1.165, 1.54) is 32.1 Å². The lowest BCUT2D eigenvalue weighted by atomic mass is 9.94. The molecule has 1 aromatic carbocycles. The highest BCUT2D eigenvalue weighted by atomic mass is 19.3. The van der Waals surface area contributed by atoms with Gasteiger partial charge in [0.2, 0.25) is 0 Å². The van der Waals surface area contributed by atoms with Crippen LogP contribution in [0.1, 0.15) is 50.6 Å². The maximum Gasteiger partial charge on any atom is 0.387 e. The maximum atomic E-state index is 12.1. The lowest BCUT2D eigenvalue weighted by molar-refractivity contribution is -0.0498. The molecular weight excluding hydrogens is 248 g/mol. The number of hydrogen-bond acceptors (Lipinski definition) is 2. The molecule has 1 aliphatic rings.